The number of likely N-dealkylation sites (tertiary alicyclic amines) is 1. The number of hydrogen-bond acceptors (Lipinski definition) is 4. The van der Waals surface area contributed by atoms with Crippen molar-refractivity contribution in [2.24, 2.45) is 5.92 Å². The number of hydrogen-bond donors (Lipinski definition) is 1. The second kappa shape index (κ2) is 4.72. The lowest BCUT2D eigenvalue weighted by molar-refractivity contribution is 0.220. The molecule has 0 amide bonds. The molecule has 2 heterocycles. The van der Waals surface area contributed by atoms with E-state index in [2.05, 4.69) is 28.1 Å². The summed E-state index contributed by atoms with van der Waals surface area (Å²) >= 11 is 1.78. The SMILES string of the molecule is OCC1CCN(Cc2nc3ccccc3s2)C1. The maximum Gasteiger partial charge on any atom is 0.108 e. The molecule has 0 bridgehead atoms. The molecule has 90 valence electrons. The minimum Gasteiger partial charge on any atom is -0.396 e. The van der Waals surface area contributed by atoms with Crippen LogP contribution in [0.5, 0.6) is 0 Å². The second-order valence-electron chi connectivity index (χ2n) is 4.65. The van der Waals surface area contributed by atoms with Gasteiger partial charge in [-0.15, -0.1) is 11.3 Å². The van der Waals surface area contributed by atoms with Crippen molar-refractivity contribution in [3.63, 3.8) is 0 Å². The summed E-state index contributed by atoms with van der Waals surface area (Å²) in [4.78, 5) is 7.03. The zero-order valence-corrected chi connectivity index (χ0v) is 10.5. The summed E-state index contributed by atoms with van der Waals surface area (Å²) in [5.41, 5.74) is 1.10. The van der Waals surface area contributed by atoms with Gasteiger partial charge in [-0.2, -0.15) is 0 Å². The number of para-hydroxylation sites is 1. The van der Waals surface area contributed by atoms with Crippen LogP contribution in [0.2, 0.25) is 0 Å². The molecule has 3 nitrogen and oxygen atoms in total. The molecular formula is C13H16N2OS. The summed E-state index contributed by atoms with van der Waals surface area (Å²) in [6, 6.07) is 8.28. The second-order valence-corrected chi connectivity index (χ2v) is 5.76. The van der Waals surface area contributed by atoms with E-state index < -0.39 is 0 Å². The standard InChI is InChI=1S/C13H16N2OS/c16-9-10-5-6-15(7-10)8-13-14-11-3-1-2-4-12(11)17-13/h1-4,10,16H,5-9H2. The van der Waals surface area contributed by atoms with Crippen molar-refractivity contribution in [1.29, 1.82) is 0 Å². The lowest BCUT2D eigenvalue weighted by Gasteiger charge is -2.12. The van der Waals surface area contributed by atoms with E-state index in [0.717, 1.165) is 31.6 Å². The van der Waals surface area contributed by atoms with Gasteiger partial charge in [-0.3, -0.25) is 4.90 Å². The molecule has 1 fully saturated rings. The van der Waals surface area contributed by atoms with Gasteiger partial charge in [0, 0.05) is 13.2 Å². The van der Waals surface area contributed by atoms with Crippen LogP contribution in [0.4, 0.5) is 0 Å². The normalized spacial score (nSPS) is 21.4. The van der Waals surface area contributed by atoms with Gasteiger partial charge in [0.15, 0.2) is 0 Å². The highest BCUT2D eigenvalue weighted by atomic mass is 32.1. The third kappa shape index (κ3) is 2.34. The first-order valence-electron chi connectivity index (χ1n) is 6.03. The van der Waals surface area contributed by atoms with Gasteiger partial charge in [0.05, 0.1) is 16.8 Å². The van der Waals surface area contributed by atoms with E-state index in [1.54, 1.807) is 11.3 Å². The van der Waals surface area contributed by atoms with Gasteiger partial charge < -0.3 is 5.11 Å². The molecule has 1 aromatic heterocycles. The van der Waals surface area contributed by atoms with Crippen LogP contribution in [0.25, 0.3) is 10.2 Å². The Hall–Kier alpha value is -0.970. The molecule has 4 heteroatoms. The number of nitrogens with zero attached hydrogens (tertiary/aromatic N) is 2. The molecule has 3 rings (SSSR count). The lowest BCUT2D eigenvalue weighted by Crippen LogP contribution is -2.20. The average Bonchev–Trinajstić information content (AvgIpc) is 2.94. The van der Waals surface area contributed by atoms with E-state index in [-0.39, 0.29) is 0 Å². The zero-order valence-electron chi connectivity index (χ0n) is 9.67. The van der Waals surface area contributed by atoms with Gasteiger partial charge in [0.1, 0.15) is 5.01 Å². The maximum absolute atomic E-state index is 9.12. The van der Waals surface area contributed by atoms with Crippen molar-refractivity contribution in [3.05, 3.63) is 29.3 Å². The van der Waals surface area contributed by atoms with Crippen LogP contribution in [0.3, 0.4) is 0 Å². The van der Waals surface area contributed by atoms with Crippen molar-refractivity contribution < 1.29 is 5.11 Å². The molecule has 1 saturated heterocycles. The number of aromatic nitrogens is 1. The van der Waals surface area contributed by atoms with Crippen LogP contribution < -0.4 is 0 Å². The van der Waals surface area contributed by atoms with E-state index >= 15 is 0 Å². The van der Waals surface area contributed by atoms with E-state index in [1.165, 1.54) is 9.71 Å². The van der Waals surface area contributed by atoms with Gasteiger partial charge in [-0.05, 0) is 31.0 Å². The molecule has 0 radical (unpaired) electrons. The number of aliphatic hydroxyl groups excluding tert-OH is 1. The molecule has 0 aliphatic carbocycles. The first kappa shape index (κ1) is 11.1. The zero-order chi connectivity index (χ0) is 11.7. The number of fused-ring (bicyclic) bond motifs is 1. The fourth-order valence-corrected chi connectivity index (χ4v) is 3.39. The van der Waals surface area contributed by atoms with Crippen molar-refractivity contribution in [2.75, 3.05) is 19.7 Å². The van der Waals surface area contributed by atoms with E-state index in [4.69, 9.17) is 5.11 Å². The Morgan fingerprint density at radius 2 is 2.29 bits per heavy atom. The molecule has 0 saturated carbocycles. The molecule has 1 unspecified atom stereocenters. The van der Waals surface area contributed by atoms with Gasteiger partial charge >= 0.3 is 0 Å². The molecule has 0 spiro atoms. The van der Waals surface area contributed by atoms with Crippen LogP contribution in [0.15, 0.2) is 24.3 Å². The van der Waals surface area contributed by atoms with Crippen molar-refractivity contribution in [3.8, 4) is 0 Å². The third-order valence-corrected chi connectivity index (χ3v) is 4.35. The number of benzene rings is 1. The van der Waals surface area contributed by atoms with Gasteiger partial charge in [0.25, 0.3) is 0 Å². The number of aliphatic hydroxyl groups is 1. The van der Waals surface area contributed by atoms with Gasteiger partial charge in [0.2, 0.25) is 0 Å². The lowest BCUT2D eigenvalue weighted by atomic mass is 10.1. The first-order chi connectivity index (χ1) is 8.35. The molecule has 1 aliphatic rings. The molecule has 1 atom stereocenters. The summed E-state index contributed by atoms with van der Waals surface area (Å²) in [5.74, 6) is 0.462. The number of thiazole rings is 1. The summed E-state index contributed by atoms with van der Waals surface area (Å²) in [6.07, 6.45) is 1.11. The van der Waals surface area contributed by atoms with E-state index in [0.29, 0.717) is 12.5 Å². The van der Waals surface area contributed by atoms with Crippen molar-refractivity contribution in [2.45, 2.75) is 13.0 Å². The quantitative estimate of drug-likeness (QED) is 0.904. The van der Waals surface area contributed by atoms with E-state index in [9.17, 15) is 0 Å². The largest absolute Gasteiger partial charge is 0.396 e. The molecular weight excluding hydrogens is 232 g/mol. The van der Waals surface area contributed by atoms with Crippen LogP contribution in [-0.4, -0.2) is 34.7 Å². The molecule has 1 aromatic carbocycles. The van der Waals surface area contributed by atoms with Gasteiger partial charge in [-0.25, -0.2) is 4.98 Å². The molecule has 17 heavy (non-hydrogen) atoms. The average molecular weight is 248 g/mol. The Bertz CT molecular complexity index is 478. The fraction of sp³-hybridized carbons (Fsp3) is 0.462. The summed E-state index contributed by atoms with van der Waals surface area (Å²) < 4.78 is 1.26. The van der Waals surface area contributed by atoms with Crippen LogP contribution in [-0.2, 0) is 6.54 Å². The Kier molecular flexibility index (Phi) is 3.09. The summed E-state index contributed by atoms with van der Waals surface area (Å²) in [7, 11) is 0. The smallest absolute Gasteiger partial charge is 0.108 e. The van der Waals surface area contributed by atoms with Crippen LogP contribution in [0.1, 0.15) is 11.4 Å². The predicted octanol–water partition coefficient (Wildman–Crippen LogP) is 2.11. The topological polar surface area (TPSA) is 36.4 Å². The number of rotatable bonds is 3. The Balaban J connectivity index is 1.73. The van der Waals surface area contributed by atoms with E-state index in [1.807, 2.05) is 6.07 Å². The van der Waals surface area contributed by atoms with Crippen LogP contribution >= 0.6 is 11.3 Å². The minimum atomic E-state index is 0.316. The molecule has 1 N–H and O–H groups in total. The Labute approximate surface area is 105 Å². The van der Waals surface area contributed by atoms with Gasteiger partial charge in [-0.1, -0.05) is 12.1 Å². The highest BCUT2D eigenvalue weighted by Gasteiger charge is 2.22. The van der Waals surface area contributed by atoms with Crippen molar-refractivity contribution >= 4 is 21.6 Å². The maximum atomic E-state index is 9.12. The summed E-state index contributed by atoms with van der Waals surface area (Å²) in [5, 5.41) is 10.3. The highest BCUT2D eigenvalue weighted by Crippen LogP contribution is 2.24. The fourth-order valence-electron chi connectivity index (χ4n) is 2.38. The Morgan fingerprint density at radius 1 is 1.41 bits per heavy atom. The monoisotopic (exact) mass is 248 g/mol. The minimum absolute atomic E-state index is 0.316. The third-order valence-electron chi connectivity index (χ3n) is 3.33. The molecule has 2 aromatic rings. The van der Waals surface area contributed by atoms with Crippen molar-refractivity contribution in [1.82, 2.24) is 9.88 Å². The van der Waals surface area contributed by atoms with Crippen LogP contribution in [0, 0.1) is 5.92 Å². The highest BCUT2D eigenvalue weighted by molar-refractivity contribution is 7.18. The molecule has 1 aliphatic heterocycles. The predicted molar refractivity (Wildman–Crippen MR) is 70.1 cm³/mol. The first-order valence-corrected chi connectivity index (χ1v) is 6.84. The summed E-state index contributed by atoms with van der Waals surface area (Å²) in [6.45, 7) is 3.33. The Morgan fingerprint density at radius 3 is 3.06 bits per heavy atom.